The summed E-state index contributed by atoms with van der Waals surface area (Å²) in [7, 11) is 2.00. The fraction of sp³-hybridized carbons (Fsp3) is 1.00. The predicted molar refractivity (Wildman–Crippen MR) is 43.8 cm³/mol. The molecule has 0 aromatic heterocycles. The van der Waals surface area contributed by atoms with Gasteiger partial charge >= 0.3 is 0 Å². The van der Waals surface area contributed by atoms with Crippen molar-refractivity contribution in [3.8, 4) is 0 Å². The first kappa shape index (κ1) is 9.92. The Kier molecular flexibility index (Phi) is 5.64. The van der Waals surface area contributed by atoms with Gasteiger partial charge in [0, 0.05) is 13.1 Å². The third-order valence-corrected chi connectivity index (χ3v) is 1.79. The zero-order valence-corrected chi connectivity index (χ0v) is 7.55. The summed E-state index contributed by atoms with van der Waals surface area (Å²) in [4.78, 5) is 5.32. The molecule has 0 heterocycles. The van der Waals surface area contributed by atoms with Crippen molar-refractivity contribution < 1.29 is 4.84 Å². The highest BCUT2D eigenvalue weighted by molar-refractivity contribution is 4.56. The molecule has 0 fully saturated rings. The van der Waals surface area contributed by atoms with Crippen LogP contribution in [0, 0.1) is 0 Å². The second-order valence-corrected chi connectivity index (χ2v) is 2.43. The van der Waals surface area contributed by atoms with Crippen LogP contribution in [0.1, 0.15) is 33.6 Å². The summed E-state index contributed by atoms with van der Waals surface area (Å²) in [5.74, 6) is 0. The van der Waals surface area contributed by atoms with Crippen molar-refractivity contribution in [3.05, 3.63) is 0 Å². The minimum absolute atomic E-state index is 0.583. The molecule has 0 aliphatic heterocycles. The Morgan fingerprint density at radius 2 is 1.70 bits per heavy atom. The largest absolute Gasteiger partial charge is 0.299 e. The van der Waals surface area contributed by atoms with Crippen molar-refractivity contribution in [2.24, 2.45) is 0 Å². The Morgan fingerprint density at radius 3 is 2.00 bits per heavy atom. The van der Waals surface area contributed by atoms with E-state index in [9.17, 15) is 0 Å². The summed E-state index contributed by atoms with van der Waals surface area (Å²) in [6.45, 7) is 7.15. The van der Waals surface area contributed by atoms with Gasteiger partial charge in [-0.1, -0.05) is 13.8 Å². The molecular formula is C8H19NO. The van der Waals surface area contributed by atoms with E-state index in [1.54, 1.807) is 0 Å². The lowest BCUT2D eigenvalue weighted by Crippen LogP contribution is -2.30. The third-order valence-electron chi connectivity index (χ3n) is 1.79. The molecule has 0 saturated carbocycles. The van der Waals surface area contributed by atoms with E-state index in [1.165, 1.54) is 0 Å². The van der Waals surface area contributed by atoms with Crippen LogP contribution in [0.3, 0.4) is 0 Å². The highest BCUT2D eigenvalue weighted by Crippen LogP contribution is 2.05. The minimum Gasteiger partial charge on any atom is -0.299 e. The highest BCUT2D eigenvalue weighted by atomic mass is 16.7. The van der Waals surface area contributed by atoms with E-state index in [2.05, 4.69) is 13.8 Å². The molecule has 2 heteroatoms. The summed E-state index contributed by atoms with van der Waals surface area (Å²) >= 11 is 0. The molecule has 0 unspecified atom stereocenters. The number of nitrogens with zero attached hydrogens (tertiary/aromatic N) is 1. The Bertz CT molecular complexity index is 71.7. The number of hydrogen-bond donors (Lipinski definition) is 0. The number of hydroxylamine groups is 2. The molecule has 0 aromatic rings. The molecule has 0 radical (unpaired) electrons. The van der Waals surface area contributed by atoms with E-state index in [1.807, 2.05) is 19.0 Å². The highest BCUT2D eigenvalue weighted by Gasteiger charge is 2.08. The van der Waals surface area contributed by atoms with Crippen molar-refractivity contribution in [2.45, 2.75) is 39.7 Å². The molecule has 0 rings (SSSR count). The van der Waals surface area contributed by atoms with Crippen LogP contribution in [0.2, 0.25) is 0 Å². The quantitative estimate of drug-likeness (QED) is 0.549. The van der Waals surface area contributed by atoms with Gasteiger partial charge in [-0.05, 0) is 19.8 Å². The van der Waals surface area contributed by atoms with Crippen LogP contribution >= 0.6 is 0 Å². The van der Waals surface area contributed by atoms with Crippen molar-refractivity contribution in [1.29, 1.82) is 0 Å². The van der Waals surface area contributed by atoms with Crippen LogP contribution in [0.4, 0.5) is 0 Å². The molecule has 0 aliphatic carbocycles. The van der Waals surface area contributed by atoms with Crippen LogP contribution in [-0.4, -0.2) is 24.8 Å². The van der Waals surface area contributed by atoms with Gasteiger partial charge in [0.25, 0.3) is 0 Å². The normalized spacial score (nSPS) is 11.4. The van der Waals surface area contributed by atoms with Crippen molar-refractivity contribution >= 4 is 0 Å². The number of hydrogen-bond acceptors (Lipinski definition) is 2. The lowest BCUT2D eigenvalue weighted by Gasteiger charge is -2.24. The van der Waals surface area contributed by atoms with E-state index in [0.717, 1.165) is 19.4 Å². The fourth-order valence-electron chi connectivity index (χ4n) is 1.11. The molecule has 2 nitrogen and oxygen atoms in total. The molecule has 0 aromatic carbocycles. The van der Waals surface area contributed by atoms with E-state index in [-0.39, 0.29) is 0 Å². The zero-order chi connectivity index (χ0) is 7.98. The van der Waals surface area contributed by atoms with Gasteiger partial charge in [-0.15, -0.1) is 0 Å². The molecular weight excluding hydrogens is 126 g/mol. The molecule has 0 spiro atoms. The van der Waals surface area contributed by atoms with Crippen molar-refractivity contribution in [1.82, 2.24) is 5.06 Å². The van der Waals surface area contributed by atoms with Crippen LogP contribution in [0.25, 0.3) is 0 Å². The lowest BCUT2D eigenvalue weighted by molar-refractivity contribution is -0.164. The van der Waals surface area contributed by atoms with Crippen LogP contribution < -0.4 is 0 Å². The molecule has 10 heavy (non-hydrogen) atoms. The second kappa shape index (κ2) is 5.69. The first-order chi connectivity index (χ1) is 4.76. The Balaban J connectivity index is 3.53. The molecule has 0 atom stereocenters. The molecule has 62 valence electrons. The van der Waals surface area contributed by atoms with Gasteiger partial charge in [0.05, 0.1) is 6.61 Å². The lowest BCUT2D eigenvalue weighted by atomic mass is 10.2. The van der Waals surface area contributed by atoms with Crippen molar-refractivity contribution in [2.75, 3.05) is 13.7 Å². The average Bonchev–Trinajstić information content (AvgIpc) is 1.91. The van der Waals surface area contributed by atoms with Gasteiger partial charge < -0.3 is 0 Å². The van der Waals surface area contributed by atoms with Crippen molar-refractivity contribution in [3.63, 3.8) is 0 Å². The van der Waals surface area contributed by atoms with Crippen LogP contribution in [0.15, 0.2) is 0 Å². The average molecular weight is 145 g/mol. The molecule has 0 saturated heterocycles. The summed E-state index contributed by atoms with van der Waals surface area (Å²) < 4.78 is 0. The molecule has 0 amide bonds. The maximum atomic E-state index is 5.32. The Hall–Kier alpha value is -0.0800. The SMILES string of the molecule is CCON(C)C(CC)CC. The van der Waals surface area contributed by atoms with Gasteiger partial charge in [0.2, 0.25) is 0 Å². The second-order valence-electron chi connectivity index (χ2n) is 2.43. The van der Waals surface area contributed by atoms with Gasteiger partial charge in [0.15, 0.2) is 0 Å². The summed E-state index contributed by atoms with van der Waals surface area (Å²) in [5.41, 5.74) is 0. The first-order valence-corrected chi connectivity index (χ1v) is 4.11. The van der Waals surface area contributed by atoms with E-state index < -0.39 is 0 Å². The molecule has 0 N–H and O–H groups in total. The van der Waals surface area contributed by atoms with E-state index in [0.29, 0.717) is 6.04 Å². The maximum absolute atomic E-state index is 5.32. The van der Waals surface area contributed by atoms with Gasteiger partial charge in [0.1, 0.15) is 0 Å². The van der Waals surface area contributed by atoms with Gasteiger partial charge in [-0.3, -0.25) is 4.84 Å². The third kappa shape index (κ3) is 3.18. The monoisotopic (exact) mass is 145 g/mol. The van der Waals surface area contributed by atoms with Crippen LogP contribution in [-0.2, 0) is 4.84 Å². The molecule has 0 bridgehead atoms. The minimum atomic E-state index is 0.583. The Labute approximate surface area is 64.1 Å². The maximum Gasteiger partial charge on any atom is 0.0656 e. The van der Waals surface area contributed by atoms with E-state index in [4.69, 9.17) is 4.84 Å². The van der Waals surface area contributed by atoms with E-state index >= 15 is 0 Å². The van der Waals surface area contributed by atoms with Gasteiger partial charge in [-0.25, -0.2) is 0 Å². The standard InChI is InChI=1S/C8H19NO/c1-5-8(6-2)9(4)10-7-3/h8H,5-7H2,1-4H3. The Morgan fingerprint density at radius 1 is 1.20 bits per heavy atom. The topological polar surface area (TPSA) is 12.5 Å². The smallest absolute Gasteiger partial charge is 0.0656 e. The summed E-state index contributed by atoms with van der Waals surface area (Å²) in [5, 5.41) is 1.96. The predicted octanol–water partition coefficient (Wildman–Crippen LogP) is 2.06. The fourth-order valence-corrected chi connectivity index (χ4v) is 1.11. The molecule has 0 aliphatic rings. The zero-order valence-electron chi connectivity index (χ0n) is 7.55. The first-order valence-electron chi connectivity index (χ1n) is 4.11. The summed E-state index contributed by atoms with van der Waals surface area (Å²) in [6.07, 6.45) is 2.32. The van der Waals surface area contributed by atoms with Gasteiger partial charge in [-0.2, -0.15) is 5.06 Å². The summed E-state index contributed by atoms with van der Waals surface area (Å²) in [6, 6.07) is 0.583. The van der Waals surface area contributed by atoms with Crippen LogP contribution in [0.5, 0.6) is 0 Å². The number of rotatable bonds is 5.